The maximum atomic E-state index is 4.42. The predicted molar refractivity (Wildman–Crippen MR) is 65.3 cm³/mol. The third kappa shape index (κ3) is 2.59. The molecule has 1 fully saturated rings. The normalized spacial score (nSPS) is 18.9. The molecule has 1 aliphatic rings. The molecule has 1 atom stereocenters. The first kappa shape index (κ1) is 11.5. The third-order valence-corrected chi connectivity index (χ3v) is 3.45. The highest BCUT2D eigenvalue weighted by atomic mass is 15.0. The molecule has 3 heteroatoms. The van der Waals surface area contributed by atoms with E-state index in [0.717, 1.165) is 11.5 Å². The minimum absolute atomic E-state index is 0.365. The molecule has 1 N–H and O–H groups in total. The van der Waals surface area contributed by atoms with Crippen molar-refractivity contribution in [3.05, 3.63) is 23.3 Å². The van der Waals surface area contributed by atoms with E-state index < -0.39 is 0 Å². The van der Waals surface area contributed by atoms with Crippen molar-refractivity contribution in [2.75, 3.05) is 0 Å². The van der Waals surface area contributed by atoms with Crippen LogP contribution in [-0.4, -0.2) is 16.0 Å². The van der Waals surface area contributed by atoms with Gasteiger partial charge in [0.2, 0.25) is 0 Å². The van der Waals surface area contributed by atoms with Crippen molar-refractivity contribution in [1.82, 2.24) is 15.3 Å². The van der Waals surface area contributed by atoms with Gasteiger partial charge in [-0.15, -0.1) is 0 Å². The monoisotopic (exact) mass is 219 g/mol. The van der Waals surface area contributed by atoms with Gasteiger partial charge in [0.1, 0.15) is 5.82 Å². The van der Waals surface area contributed by atoms with Gasteiger partial charge in [0.15, 0.2) is 0 Å². The number of aromatic nitrogens is 2. The highest BCUT2D eigenvalue weighted by Gasteiger charge is 2.18. The minimum Gasteiger partial charge on any atom is -0.307 e. The zero-order valence-corrected chi connectivity index (χ0v) is 10.5. The van der Waals surface area contributed by atoms with Gasteiger partial charge in [-0.25, -0.2) is 9.97 Å². The second-order valence-corrected chi connectivity index (χ2v) is 4.83. The largest absolute Gasteiger partial charge is 0.307 e. The Balaban J connectivity index is 2.04. The third-order valence-electron chi connectivity index (χ3n) is 3.45. The Kier molecular flexibility index (Phi) is 3.54. The Morgan fingerprint density at radius 2 is 2.00 bits per heavy atom. The van der Waals surface area contributed by atoms with E-state index in [9.17, 15) is 0 Å². The number of nitrogens with zero attached hydrogens (tertiary/aromatic N) is 2. The number of hydrogen-bond donors (Lipinski definition) is 1. The SMILES string of the molecule is Cc1ncc(C(C)NC2CCCC2)c(C)n1. The van der Waals surface area contributed by atoms with Crippen molar-refractivity contribution in [3.63, 3.8) is 0 Å². The lowest BCUT2D eigenvalue weighted by Crippen LogP contribution is -2.29. The van der Waals surface area contributed by atoms with Crippen molar-refractivity contribution in [2.24, 2.45) is 0 Å². The fraction of sp³-hybridized carbons (Fsp3) is 0.692. The molecule has 0 amide bonds. The summed E-state index contributed by atoms with van der Waals surface area (Å²) in [7, 11) is 0. The fourth-order valence-electron chi connectivity index (χ4n) is 2.55. The summed E-state index contributed by atoms with van der Waals surface area (Å²) in [6.07, 6.45) is 7.33. The lowest BCUT2D eigenvalue weighted by molar-refractivity contribution is 0.458. The highest BCUT2D eigenvalue weighted by Crippen LogP contribution is 2.22. The van der Waals surface area contributed by atoms with Crippen LogP contribution in [0.4, 0.5) is 0 Å². The standard InChI is InChI=1S/C13H21N3/c1-9-13(8-14-11(3)15-9)10(2)16-12-6-4-5-7-12/h8,10,12,16H,4-7H2,1-3H3. The second kappa shape index (κ2) is 4.91. The van der Waals surface area contributed by atoms with Crippen LogP contribution in [-0.2, 0) is 0 Å². The van der Waals surface area contributed by atoms with E-state index in [4.69, 9.17) is 0 Å². The molecule has 0 spiro atoms. The van der Waals surface area contributed by atoms with E-state index >= 15 is 0 Å². The maximum Gasteiger partial charge on any atom is 0.125 e. The van der Waals surface area contributed by atoms with Gasteiger partial charge < -0.3 is 5.32 Å². The Labute approximate surface area is 97.7 Å². The molecule has 2 rings (SSSR count). The molecule has 1 heterocycles. The molecule has 0 saturated heterocycles. The molecule has 1 unspecified atom stereocenters. The lowest BCUT2D eigenvalue weighted by atomic mass is 10.1. The summed E-state index contributed by atoms with van der Waals surface area (Å²) >= 11 is 0. The topological polar surface area (TPSA) is 37.8 Å². The summed E-state index contributed by atoms with van der Waals surface area (Å²) in [5.74, 6) is 0.856. The van der Waals surface area contributed by atoms with Crippen molar-refractivity contribution in [3.8, 4) is 0 Å². The summed E-state index contributed by atoms with van der Waals surface area (Å²) in [6, 6.07) is 1.06. The van der Waals surface area contributed by atoms with Crippen LogP contribution in [0.25, 0.3) is 0 Å². The average molecular weight is 219 g/mol. The van der Waals surface area contributed by atoms with E-state index in [2.05, 4.69) is 29.1 Å². The molecule has 0 bridgehead atoms. The fourth-order valence-corrected chi connectivity index (χ4v) is 2.55. The molecular weight excluding hydrogens is 198 g/mol. The molecular formula is C13H21N3. The molecule has 1 aliphatic carbocycles. The molecule has 16 heavy (non-hydrogen) atoms. The molecule has 1 aromatic heterocycles. The van der Waals surface area contributed by atoms with E-state index in [1.165, 1.54) is 31.2 Å². The van der Waals surface area contributed by atoms with Gasteiger partial charge in [0.05, 0.1) is 0 Å². The van der Waals surface area contributed by atoms with Crippen LogP contribution in [0.15, 0.2) is 6.20 Å². The van der Waals surface area contributed by atoms with Crippen molar-refractivity contribution < 1.29 is 0 Å². The summed E-state index contributed by atoms with van der Waals surface area (Å²) in [5, 5.41) is 3.68. The van der Waals surface area contributed by atoms with Crippen LogP contribution >= 0.6 is 0 Å². The average Bonchev–Trinajstić information content (AvgIpc) is 2.70. The van der Waals surface area contributed by atoms with Gasteiger partial charge in [-0.1, -0.05) is 12.8 Å². The maximum absolute atomic E-state index is 4.42. The van der Waals surface area contributed by atoms with Gasteiger partial charge in [-0.2, -0.15) is 0 Å². The van der Waals surface area contributed by atoms with Crippen LogP contribution in [0.5, 0.6) is 0 Å². The first-order chi connectivity index (χ1) is 7.66. The van der Waals surface area contributed by atoms with Gasteiger partial charge in [0, 0.05) is 29.5 Å². The smallest absolute Gasteiger partial charge is 0.125 e. The summed E-state index contributed by atoms with van der Waals surface area (Å²) in [6.45, 7) is 6.21. The number of nitrogens with one attached hydrogen (secondary N) is 1. The Hall–Kier alpha value is -0.960. The van der Waals surface area contributed by atoms with E-state index in [-0.39, 0.29) is 0 Å². The van der Waals surface area contributed by atoms with Gasteiger partial charge in [-0.3, -0.25) is 0 Å². The van der Waals surface area contributed by atoms with E-state index in [0.29, 0.717) is 12.1 Å². The molecule has 1 saturated carbocycles. The molecule has 0 aromatic carbocycles. The summed E-state index contributed by atoms with van der Waals surface area (Å²) in [5.41, 5.74) is 2.34. The zero-order valence-electron chi connectivity index (χ0n) is 10.5. The molecule has 1 aromatic rings. The summed E-state index contributed by atoms with van der Waals surface area (Å²) < 4.78 is 0. The molecule has 88 valence electrons. The first-order valence-electron chi connectivity index (χ1n) is 6.23. The molecule has 0 aliphatic heterocycles. The number of rotatable bonds is 3. The van der Waals surface area contributed by atoms with Gasteiger partial charge in [-0.05, 0) is 33.6 Å². The Morgan fingerprint density at radius 1 is 1.31 bits per heavy atom. The Morgan fingerprint density at radius 3 is 2.62 bits per heavy atom. The van der Waals surface area contributed by atoms with Crippen molar-refractivity contribution in [1.29, 1.82) is 0 Å². The van der Waals surface area contributed by atoms with E-state index in [1.54, 1.807) is 0 Å². The minimum atomic E-state index is 0.365. The van der Waals surface area contributed by atoms with Gasteiger partial charge >= 0.3 is 0 Å². The van der Waals surface area contributed by atoms with Crippen molar-refractivity contribution in [2.45, 2.75) is 58.5 Å². The zero-order chi connectivity index (χ0) is 11.5. The van der Waals surface area contributed by atoms with Crippen LogP contribution in [0.3, 0.4) is 0 Å². The number of hydrogen-bond acceptors (Lipinski definition) is 3. The van der Waals surface area contributed by atoms with Gasteiger partial charge in [0.25, 0.3) is 0 Å². The van der Waals surface area contributed by atoms with E-state index in [1.807, 2.05) is 13.1 Å². The molecule has 0 radical (unpaired) electrons. The van der Waals surface area contributed by atoms with Crippen molar-refractivity contribution >= 4 is 0 Å². The highest BCUT2D eigenvalue weighted by molar-refractivity contribution is 5.19. The van der Waals surface area contributed by atoms with Crippen LogP contribution in [0, 0.1) is 13.8 Å². The summed E-state index contributed by atoms with van der Waals surface area (Å²) in [4.78, 5) is 8.70. The predicted octanol–water partition coefficient (Wildman–Crippen LogP) is 2.69. The number of aryl methyl sites for hydroxylation is 2. The lowest BCUT2D eigenvalue weighted by Gasteiger charge is -2.20. The molecule has 3 nitrogen and oxygen atoms in total. The second-order valence-electron chi connectivity index (χ2n) is 4.83. The van der Waals surface area contributed by atoms with Crippen LogP contribution in [0.2, 0.25) is 0 Å². The van der Waals surface area contributed by atoms with Crippen LogP contribution < -0.4 is 5.32 Å². The first-order valence-corrected chi connectivity index (χ1v) is 6.23. The Bertz CT molecular complexity index is 356. The quantitative estimate of drug-likeness (QED) is 0.849. The van der Waals surface area contributed by atoms with Crippen LogP contribution in [0.1, 0.15) is 55.7 Å².